The van der Waals surface area contributed by atoms with Gasteiger partial charge in [0.25, 0.3) is 5.91 Å². The molecule has 0 atom stereocenters. The van der Waals surface area contributed by atoms with E-state index in [1.807, 2.05) is 30.3 Å². The van der Waals surface area contributed by atoms with Crippen LogP contribution in [0, 0.1) is 5.41 Å². The van der Waals surface area contributed by atoms with Crippen molar-refractivity contribution < 1.29 is 14.3 Å². The number of anilines is 4. The van der Waals surface area contributed by atoms with Crippen LogP contribution in [0.2, 0.25) is 0 Å². The summed E-state index contributed by atoms with van der Waals surface area (Å²) in [6, 6.07) is 11.9. The Labute approximate surface area is 242 Å². The third-order valence-electron chi connectivity index (χ3n) is 7.13. The van der Waals surface area contributed by atoms with Crippen LogP contribution >= 0.6 is 24.6 Å². The number of rotatable bonds is 8. The summed E-state index contributed by atoms with van der Waals surface area (Å²) in [5, 5.41) is 6.47. The zero-order valence-corrected chi connectivity index (χ0v) is 25.3. The van der Waals surface area contributed by atoms with Crippen LogP contribution in [0.15, 0.2) is 36.4 Å². The number of hydrogen-bond acceptors (Lipinski definition) is 8. The highest BCUT2D eigenvalue weighted by Gasteiger charge is 2.44. The van der Waals surface area contributed by atoms with Gasteiger partial charge in [0.1, 0.15) is 5.75 Å². The van der Waals surface area contributed by atoms with E-state index in [0.717, 1.165) is 48.8 Å². The molecule has 0 bridgehead atoms. The van der Waals surface area contributed by atoms with Crippen LogP contribution in [0.3, 0.4) is 0 Å². The van der Waals surface area contributed by atoms with Crippen molar-refractivity contribution in [3.8, 4) is 0 Å². The zero-order chi connectivity index (χ0) is 28.0. The third-order valence-corrected chi connectivity index (χ3v) is 7.89. The Kier molecular flexibility index (Phi) is 9.64. The van der Waals surface area contributed by atoms with Crippen molar-refractivity contribution in [2.75, 3.05) is 52.2 Å². The van der Waals surface area contributed by atoms with E-state index in [0.29, 0.717) is 17.6 Å². The molecule has 2 heterocycles. The fourth-order valence-corrected chi connectivity index (χ4v) is 5.46. The molecule has 7 nitrogen and oxygen atoms in total. The van der Waals surface area contributed by atoms with Gasteiger partial charge in [-0.2, -0.15) is 12.6 Å². The predicted octanol–water partition coefficient (Wildman–Crippen LogP) is 6.63. The maximum absolute atomic E-state index is 13.4. The van der Waals surface area contributed by atoms with Crippen molar-refractivity contribution in [1.82, 2.24) is 0 Å². The Hall–Kier alpha value is -2.52. The number of piperidine rings is 1. The summed E-state index contributed by atoms with van der Waals surface area (Å²) in [5.41, 5.74) is 6.22. The number of nitrogens with one attached hydrogen (secondary N) is 3. The second-order valence-corrected chi connectivity index (χ2v) is 13.7. The van der Waals surface area contributed by atoms with Crippen LogP contribution < -0.4 is 20.3 Å². The van der Waals surface area contributed by atoms with Crippen molar-refractivity contribution in [2.24, 2.45) is 5.41 Å². The van der Waals surface area contributed by atoms with E-state index in [1.165, 1.54) is 43.2 Å². The first-order valence-electron chi connectivity index (χ1n) is 13.9. The number of benzene rings is 2. The van der Waals surface area contributed by atoms with Crippen molar-refractivity contribution in [3.63, 3.8) is 0 Å². The fraction of sp³-hybridized carbons (Fsp3) is 0.533. The van der Waals surface area contributed by atoms with Gasteiger partial charge in [-0.1, -0.05) is 26.8 Å². The van der Waals surface area contributed by atoms with Crippen molar-refractivity contribution >= 4 is 59.2 Å². The molecule has 1 spiro atoms. The molecule has 5 rings (SSSR count). The smallest absolute Gasteiger partial charge is 0.317 e. The summed E-state index contributed by atoms with van der Waals surface area (Å²) < 4.78 is 8.42. The first-order valence-corrected chi connectivity index (χ1v) is 15.3. The molecule has 1 saturated heterocycles. The molecule has 39 heavy (non-hydrogen) atoms. The zero-order valence-electron chi connectivity index (χ0n) is 23.6. The van der Waals surface area contributed by atoms with Gasteiger partial charge in [-0.15, -0.1) is 0 Å². The lowest BCUT2D eigenvalue weighted by atomic mass is 9.93. The van der Waals surface area contributed by atoms with Gasteiger partial charge in [-0.05, 0) is 92.3 Å². The summed E-state index contributed by atoms with van der Waals surface area (Å²) in [4.78, 5) is 27.3. The number of carbonyl (C=O) groups excluding carboxylic acids is 2. The number of thiol groups is 1. The van der Waals surface area contributed by atoms with Crippen LogP contribution in [-0.4, -0.2) is 48.6 Å². The normalized spacial score (nSPS) is 16.9. The lowest BCUT2D eigenvalue weighted by molar-refractivity contribution is -0.139. The summed E-state index contributed by atoms with van der Waals surface area (Å²) in [5.74, 6) is -0.125. The van der Waals surface area contributed by atoms with Gasteiger partial charge in [0, 0.05) is 41.4 Å². The van der Waals surface area contributed by atoms with E-state index in [1.54, 1.807) is 6.92 Å². The average molecular weight is 571 g/mol. The molecular formula is C30H42N4O3S2. The van der Waals surface area contributed by atoms with Gasteiger partial charge in [-0.3, -0.25) is 9.59 Å². The molecule has 3 aliphatic rings. The third kappa shape index (κ3) is 8.73. The summed E-state index contributed by atoms with van der Waals surface area (Å²) in [6.45, 7) is 11.2. The molecule has 0 radical (unpaired) electrons. The molecule has 2 aromatic rings. The molecule has 212 valence electrons. The highest BCUT2D eigenvalue weighted by Crippen LogP contribution is 2.54. The fourth-order valence-electron chi connectivity index (χ4n) is 4.90. The highest BCUT2D eigenvalue weighted by molar-refractivity contribution is 8.01. The first-order chi connectivity index (χ1) is 18.5. The topological polar surface area (TPSA) is 82.7 Å². The minimum Gasteiger partial charge on any atom is -0.465 e. The number of hydrogen-bond donors (Lipinski definition) is 4. The van der Waals surface area contributed by atoms with Crippen molar-refractivity contribution in [1.29, 1.82) is 0 Å². The lowest BCUT2D eigenvalue weighted by Gasteiger charge is -2.35. The Morgan fingerprint density at radius 1 is 1.08 bits per heavy atom. The molecule has 1 saturated carbocycles. The van der Waals surface area contributed by atoms with E-state index in [2.05, 4.69) is 59.7 Å². The monoisotopic (exact) mass is 570 g/mol. The highest BCUT2D eigenvalue weighted by atomic mass is 32.2. The van der Waals surface area contributed by atoms with Crippen LogP contribution in [0.25, 0.3) is 0 Å². The number of amides is 1. The SMILES string of the molecule is CC(C)(C)S.CCOC(=O)CSNc1ccc(C(=O)Nc2ccc3c(c2)NCC3)c(N2CCC3(CC2)CC3)c1. The van der Waals surface area contributed by atoms with Gasteiger partial charge < -0.3 is 25.0 Å². The van der Waals surface area contributed by atoms with Gasteiger partial charge in [0.15, 0.2) is 0 Å². The van der Waals surface area contributed by atoms with E-state index >= 15 is 0 Å². The van der Waals surface area contributed by atoms with Crippen LogP contribution in [0.4, 0.5) is 22.7 Å². The van der Waals surface area contributed by atoms with Crippen molar-refractivity contribution in [2.45, 2.75) is 64.5 Å². The van der Waals surface area contributed by atoms with Gasteiger partial charge in [0.05, 0.1) is 17.9 Å². The second-order valence-electron chi connectivity index (χ2n) is 11.6. The van der Waals surface area contributed by atoms with E-state index < -0.39 is 0 Å². The van der Waals surface area contributed by atoms with E-state index in [4.69, 9.17) is 4.74 Å². The molecule has 1 amide bonds. The first kappa shape index (κ1) is 29.5. The Balaban J connectivity index is 0.000000648. The molecule has 2 aliphatic heterocycles. The van der Waals surface area contributed by atoms with E-state index in [-0.39, 0.29) is 22.4 Å². The Morgan fingerprint density at radius 3 is 2.44 bits per heavy atom. The van der Waals surface area contributed by atoms with Crippen LogP contribution in [-0.2, 0) is 16.0 Å². The molecule has 2 fully saturated rings. The standard InChI is InChI=1S/C26H32N4O3S.C4H10S/c1-2-33-24(31)17-34-29-20-5-6-21(23(16-20)30-13-10-26(8-9-26)11-14-30)25(32)28-19-4-3-18-7-12-27-22(18)15-19;1-4(2,3)5/h3-6,15-16,27,29H,2,7-14,17H2,1H3,(H,28,32);5H,1-3H3. The Morgan fingerprint density at radius 2 is 1.77 bits per heavy atom. The molecule has 0 aromatic heterocycles. The van der Waals surface area contributed by atoms with Gasteiger partial charge >= 0.3 is 5.97 Å². The van der Waals surface area contributed by atoms with E-state index in [9.17, 15) is 9.59 Å². The minimum atomic E-state index is -0.245. The number of carbonyl (C=O) groups is 2. The number of ether oxygens (including phenoxy) is 1. The predicted molar refractivity (Wildman–Crippen MR) is 168 cm³/mol. The molecule has 9 heteroatoms. The molecule has 0 unspecified atom stereocenters. The lowest BCUT2D eigenvalue weighted by Crippen LogP contribution is -2.35. The maximum Gasteiger partial charge on any atom is 0.317 e. The maximum atomic E-state index is 13.4. The quantitative estimate of drug-likeness (QED) is 0.161. The summed E-state index contributed by atoms with van der Waals surface area (Å²) >= 11 is 5.42. The van der Waals surface area contributed by atoms with Crippen molar-refractivity contribution in [3.05, 3.63) is 47.5 Å². The molecule has 1 aliphatic carbocycles. The molecular weight excluding hydrogens is 528 g/mol. The minimum absolute atomic E-state index is 0.106. The average Bonchev–Trinajstić information content (AvgIpc) is 3.46. The largest absolute Gasteiger partial charge is 0.465 e. The van der Waals surface area contributed by atoms with Crippen LogP contribution in [0.5, 0.6) is 0 Å². The van der Waals surface area contributed by atoms with Gasteiger partial charge in [-0.25, -0.2) is 0 Å². The molecule has 3 N–H and O–H groups in total. The second kappa shape index (κ2) is 12.8. The van der Waals surface area contributed by atoms with Crippen LogP contribution in [0.1, 0.15) is 69.3 Å². The summed E-state index contributed by atoms with van der Waals surface area (Å²) in [6.07, 6.45) is 6.06. The summed E-state index contributed by atoms with van der Waals surface area (Å²) in [7, 11) is 0. The number of esters is 1. The molecule has 2 aromatic carbocycles. The Bertz CT molecular complexity index is 1160. The van der Waals surface area contributed by atoms with Gasteiger partial charge in [0.2, 0.25) is 0 Å². The number of fused-ring (bicyclic) bond motifs is 1. The number of nitrogens with zero attached hydrogens (tertiary/aromatic N) is 1.